The lowest BCUT2D eigenvalue weighted by Gasteiger charge is -2.22. The molecule has 0 aliphatic rings. The van der Waals surface area contributed by atoms with Crippen LogP contribution >= 0.6 is 0 Å². The van der Waals surface area contributed by atoms with Crippen LogP contribution in [0.3, 0.4) is 0 Å². The van der Waals surface area contributed by atoms with E-state index in [2.05, 4.69) is 25.7 Å². The number of rotatable bonds is 5. The van der Waals surface area contributed by atoms with Crippen LogP contribution in [0.2, 0.25) is 0 Å². The van der Waals surface area contributed by atoms with Crippen molar-refractivity contribution >= 4 is 5.97 Å². The molecular formula is C11H14N6O2. The smallest absolute Gasteiger partial charge is 0.311 e. The monoisotopic (exact) mass is 262 g/mol. The molecule has 19 heavy (non-hydrogen) atoms. The van der Waals surface area contributed by atoms with Gasteiger partial charge in [0.25, 0.3) is 0 Å². The predicted octanol–water partition coefficient (Wildman–Crippen LogP) is 0.631. The van der Waals surface area contributed by atoms with E-state index in [0.717, 1.165) is 0 Å². The van der Waals surface area contributed by atoms with Crippen LogP contribution in [0, 0.1) is 5.41 Å². The molecule has 0 bridgehead atoms. The number of aliphatic carboxylic acids is 1. The minimum Gasteiger partial charge on any atom is -0.481 e. The fourth-order valence-corrected chi connectivity index (χ4v) is 1.60. The van der Waals surface area contributed by atoms with Gasteiger partial charge in [-0.2, -0.15) is 10.2 Å². The van der Waals surface area contributed by atoms with Gasteiger partial charge in [-0.25, -0.2) is 4.68 Å². The Hall–Kier alpha value is -2.38. The Kier molecular flexibility index (Phi) is 3.50. The quantitative estimate of drug-likeness (QED) is 0.842. The largest absolute Gasteiger partial charge is 0.481 e. The van der Waals surface area contributed by atoms with E-state index in [-0.39, 0.29) is 6.54 Å². The molecular weight excluding hydrogens is 248 g/mol. The Labute approximate surface area is 109 Å². The first-order chi connectivity index (χ1) is 9.07. The van der Waals surface area contributed by atoms with Crippen molar-refractivity contribution in [3.8, 4) is 11.4 Å². The summed E-state index contributed by atoms with van der Waals surface area (Å²) in [6.45, 7) is 3.70. The minimum absolute atomic E-state index is 0.198. The van der Waals surface area contributed by atoms with Gasteiger partial charge in [0.1, 0.15) is 0 Å². The molecule has 0 aliphatic heterocycles. The van der Waals surface area contributed by atoms with E-state index in [0.29, 0.717) is 17.8 Å². The first kappa shape index (κ1) is 13.1. The highest BCUT2D eigenvalue weighted by Gasteiger charge is 2.33. The lowest BCUT2D eigenvalue weighted by atomic mass is 9.88. The Bertz CT molecular complexity index is 570. The lowest BCUT2D eigenvalue weighted by Crippen LogP contribution is -2.32. The Balaban J connectivity index is 2.33. The summed E-state index contributed by atoms with van der Waals surface area (Å²) in [6, 6.07) is 1.72. The maximum absolute atomic E-state index is 11.3. The predicted molar refractivity (Wildman–Crippen MR) is 64.9 cm³/mol. The van der Waals surface area contributed by atoms with E-state index in [9.17, 15) is 9.90 Å². The highest BCUT2D eigenvalue weighted by Crippen LogP contribution is 2.25. The number of carbonyl (C=O) groups is 1. The third-order valence-corrected chi connectivity index (χ3v) is 3.17. The highest BCUT2D eigenvalue weighted by molar-refractivity contribution is 5.74. The highest BCUT2D eigenvalue weighted by atomic mass is 16.4. The molecule has 2 aromatic rings. The molecule has 1 unspecified atom stereocenters. The Morgan fingerprint density at radius 3 is 2.84 bits per heavy atom. The second-order valence-electron chi connectivity index (χ2n) is 4.51. The van der Waals surface area contributed by atoms with Crippen molar-refractivity contribution in [2.24, 2.45) is 5.41 Å². The summed E-state index contributed by atoms with van der Waals surface area (Å²) in [5.41, 5.74) is -0.214. The summed E-state index contributed by atoms with van der Waals surface area (Å²) < 4.78 is 1.48. The second kappa shape index (κ2) is 5.09. The van der Waals surface area contributed by atoms with Gasteiger partial charge >= 0.3 is 5.97 Å². The summed E-state index contributed by atoms with van der Waals surface area (Å²) in [7, 11) is 0. The van der Waals surface area contributed by atoms with Gasteiger partial charge in [0, 0.05) is 5.56 Å². The van der Waals surface area contributed by atoms with Crippen molar-refractivity contribution in [2.75, 3.05) is 0 Å². The first-order valence-electron chi connectivity index (χ1n) is 5.83. The number of carboxylic acids is 1. The van der Waals surface area contributed by atoms with Gasteiger partial charge < -0.3 is 5.11 Å². The third-order valence-electron chi connectivity index (χ3n) is 3.17. The topological polar surface area (TPSA) is 107 Å². The minimum atomic E-state index is -0.912. The molecule has 8 nitrogen and oxygen atoms in total. The van der Waals surface area contributed by atoms with E-state index in [1.807, 2.05) is 6.92 Å². The second-order valence-corrected chi connectivity index (χ2v) is 4.51. The van der Waals surface area contributed by atoms with E-state index >= 15 is 0 Å². The molecule has 2 rings (SSSR count). The molecule has 0 fully saturated rings. The molecule has 2 heterocycles. The average Bonchev–Trinajstić information content (AvgIpc) is 2.87. The van der Waals surface area contributed by atoms with Gasteiger partial charge in [-0.05, 0) is 29.8 Å². The molecule has 1 atom stereocenters. The zero-order valence-electron chi connectivity index (χ0n) is 10.7. The summed E-state index contributed by atoms with van der Waals surface area (Å²) in [5, 5.41) is 28.1. The van der Waals surface area contributed by atoms with E-state index < -0.39 is 11.4 Å². The maximum atomic E-state index is 11.3. The van der Waals surface area contributed by atoms with Crippen LogP contribution in [0.4, 0.5) is 0 Å². The molecule has 0 spiro atoms. The van der Waals surface area contributed by atoms with E-state index in [4.69, 9.17) is 0 Å². The summed E-state index contributed by atoms with van der Waals surface area (Å²) in [6.07, 6.45) is 3.55. The maximum Gasteiger partial charge on any atom is 0.311 e. The van der Waals surface area contributed by atoms with Crippen LogP contribution < -0.4 is 0 Å². The van der Waals surface area contributed by atoms with E-state index in [1.54, 1.807) is 13.0 Å². The fraction of sp³-hybridized carbons (Fsp3) is 0.455. The molecule has 0 aromatic carbocycles. The molecule has 1 N–H and O–H groups in total. The lowest BCUT2D eigenvalue weighted by molar-refractivity contribution is -0.149. The molecule has 2 aromatic heterocycles. The number of nitrogens with zero attached hydrogens (tertiary/aromatic N) is 6. The molecule has 0 amide bonds. The summed E-state index contributed by atoms with van der Waals surface area (Å²) in [4.78, 5) is 11.3. The molecule has 0 radical (unpaired) electrons. The van der Waals surface area contributed by atoms with Gasteiger partial charge in [-0.15, -0.1) is 5.10 Å². The van der Waals surface area contributed by atoms with Crippen molar-refractivity contribution in [1.82, 2.24) is 30.4 Å². The molecule has 0 saturated heterocycles. The summed E-state index contributed by atoms with van der Waals surface area (Å²) >= 11 is 0. The van der Waals surface area contributed by atoms with Gasteiger partial charge in [-0.1, -0.05) is 6.92 Å². The van der Waals surface area contributed by atoms with E-state index in [1.165, 1.54) is 17.1 Å². The number of hydrogen-bond acceptors (Lipinski definition) is 6. The standard InChI is InChI=1S/C11H14N6O2/c1-3-11(2,10(18)19)7-17-9(14-15-16-17)8-4-5-12-13-6-8/h4-6H,3,7H2,1-2H3,(H,18,19). The van der Waals surface area contributed by atoms with Crippen LogP contribution in [0.15, 0.2) is 18.5 Å². The molecule has 8 heteroatoms. The SMILES string of the molecule is CCC(C)(Cn1nnnc1-c1ccnnc1)C(=O)O. The molecule has 0 saturated carbocycles. The Morgan fingerprint density at radius 1 is 1.47 bits per heavy atom. The molecule has 0 aliphatic carbocycles. The van der Waals surface area contributed by atoms with Crippen LogP contribution in [-0.2, 0) is 11.3 Å². The first-order valence-corrected chi connectivity index (χ1v) is 5.83. The average molecular weight is 262 g/mol. The third kappa shape index (κ3) is 2.56. The Morgan fingerprint density at radius 2 is 2.26 bits per heavy atom. The van der Waals surface area contributed by atoms with Crippen molar-refractivity contribution < 1.29 is 9.90 Å². The van der Waals surface area contributed by atoms with Crippen LogP contribution in [-0.4, -0.2) is 41.5 Å². The van der Waals surface area contributed by atoms with Crippen molar-refractivity contribution in [3.63, 3.8) is 0 Å². The number of carboxylic acid groups (broad SMARTS) is 1. The zero-order valence-corrected chi connectivity index (χ0v) is 10.7. The fourth-order valence-electron chi connectivity index (χ4n) is 1.60. The van der Waals surface area contributed by atoms with Gasteiger partial charge in [0.15, 0.2) is 5.82 Å². The van der Waals surface area contributed by atoms with Crippen LogP contribution in [0.25, 0.3) is 11.4 Å². The normalized spacial score (nSPS) is 14.0. The van der Waals surface area contributed by atoms with Crippen molar-refractivity contribution in [2.45, 2.75) is 26.8 Å². The zero-order chi connectivity index (χ0) is 13.9. The van der Waals surface area contributed by atoms with Gasteiger partial charge in [0.2, 0.25) is 0 Å². The van der Waals surface area contributed by atoms with Gasteiger partial charge in [0.05, 0.1) is 24.4 Å². The molecule has 100 valence electrons. The number of hydrogen-bond donors (Lipinski definition) is 1. The number of tetrazole rings is 1. The van der Waals surface area contributed by atoms with Crippen LogP contribution in [0.5, 0.6) is 0 Å². The number of aromatic nitrogens is 6. The van der Waals surface area contributed by atoms with Crippen molar-refractivity contribution in [3.05, 3.63) is 18.5 Å². The van der Waals surface area contributed by atoms with Crippen LogP contribution in [0.1, 0.15) is 20.3 Å². The van der Waals surface area contributed by atoms with Crippen molar-refractivity contribution in [1.29, 1.82) is 0 Å². The summed E-state index contributed by atoms with van der Waals surface area (Å²) in [5.74, 6) is -0.389. The van der Waals surface area contributed by atoms with Gasteiger partial charge in [-0.3, -0.25) is 4.79 Å².